The molecule has 0 saturated heterocycles. The fraction of sp³-hybridized carbons (Fsp3) is 0.375. The first-order valence-electron chi connectivity index (χ1n) is 7.41. The van der Waals surface area contributed by atoms with Crippen LogP contribution in [0, 0.1) is 0 Å². The molecule has 1 atom stereocenters. The minimum Gasteiger partial charge on any atom is -0.444 e. The highest BCUT2D eigenvalue weighted by atomic mass is 16.6. The maximum atomic E-state index is 12.1. The van der Waals surface area contributed by atoms with Gasteiger partial charge in [0.25, 0.3) is 0 Å². The number of benzene rings is 1. The van der Waals surface area contributed by atoms with Gasteiger partial charge in [-0.3, -0.25) is 4.79 Å². The van der Waals surface area contributed by atoms with E-state index in [0.717, 1.165) is 5.56 Å². The highest BCUT2D eigenvalue weighted by Gasteiger charge is 2.21. The second-order valence-electron chi connectivity index (χ2n) is 6.18. The zero-order valence-corrected chi connectivity index (χ0v) is 14.0. The Hall–Kier alpha value is -2.90. The molecule has 0 saturated carbocycles. The van der Waals surface area contributed by atoms with E-state index in [4.69, 9.17) is 9.15 Å². The van der Waals surface area contributed by atoms with E-state index < -0.39 is 17.7 Å². The second-order valence-corrected chi connectivity index (χ2v) is 6.18. The number of anilines is 1. The number of ether oxygens (including phenoxy) is 1. The predicted octanol–water partition coefficient (Wildman–Crippen LogP) is 2.59. The van der Waals surface area contributed by atoms with Crippen LogP contribution in [0.4, 0.5) is 10.5 Å². The lowest BCUT2D eigenvalue weighted by atomic mass is 10.2. The number of nitrogens with one attached hydrogen (secondary N) is 2. The molecule has 0 aliphatic carbocycles. The van der Waals surface area contributed by atoms with Gasteiger partial charge in [-0.15, -0.1) is 10.2 Å². The van der Waals surface area contributed by atoms with Crippen LogP contribution >= 0.6 is 0 Å². The Kier molecular flexibility index (Phi) is 5.18. The molecule has 2 rings (SSSR count). The van der Waals surface area contributed by atoms with Crippen molar-refractivity contribution >= 4 is 17.7 Å². The van der Waals surface area contributed by atoms with E-state index in [1.807, 2.05) is 0 Å². The Morgan fingerprint density at radius 2 is 1.88 bits per heavy atom. The number of nitrogens with zero attached hydrogens (tertiary/aromatic N) is 2. The molecule has 1 aromatic carbocycles. The molecule has 24 heavy (non-hydrogen) atoms. The Morgan fingerprint density at radius 1 is 1.21 bits per heavy atom. The number of carbonyl (C=O) groups is 2. The first-order valence-corrected chi connectivity index (χ1v) is 7.41. The van der Waals surface area contributed by atoms with Crippen molar-refractivity contribution in [2.45, 2.75) is 39.3 Å². The van der Waals surface area contributed by atoms with Crippen LogP contribution in [0.5, 0.6) is 0 Å². The summed E-state index contributed by atoms with van der Waals surface area (Å²) < 4.78 is 10.2. The number of rotatable bonds is 4. The third-order valence-corrected chi connectivity index (χ3v) is 2.89. The van der Waals surface area contributed by atoms with Gasteiger partial charge in [0.1, 0.15) is 11.6 Å². The van der Waals surface area contributed by atoms with Crippen molar-refractivity contribution in [3.05, 3.63) is 30.7 Å². The number of alkyl carbamates (subject to hydrolysis) is 1. The van der Waals surface area contributed by atoms with Crippen LogP contribution in [0.1, 0.15) is 27.7 Å². The molecule has 2 N–H and O–H groups in total. The van der Waals surface area contributed by atoms with Crippen LogP contribution in [0.3, 0.4) is 0 Å². The fourth-order valence-electron chi connectivity index (χ4n) is 1.80. The fourth-order valence-corrected chi connectivity index (χ4v) is 1.80. The minimum absolute atomic E-state index is 0.355. The highest BCUT2D eigenvalue weighted by Crippen LogP contribution is 2.19. The lowest BCUT2D eigenvalue weighted by molar-refractivity contribution is -0.117. The molecule has 8 nitrogen and oxygen atoms in total. The van der Waals surface area contributed by atoms with E-state index in [9.17, 15) is 9.59 Å². The zero-order valence-electron chi connectivity index (χ0n) is 14.0. The number of amides is 2. The van der Waals surface area contributed by atoms with E-state index in [2.05, 4.69) is 20.8 Å². The van der Waals surface area contributed by atoms with E-state index >= 15 is 0 Å². The van der Waals surface area contributed by atoms with Crippen LogP contribution < -0.4 is 10.6 Å². The van der Waals surface area contributed by atoms with Crippen molar-refractivity contribution in [1.29, 1.82) is 0 Å². The number of hydrogen-bond acceptors (Lipinski definition) is 6. The molecule has 0 aliphatic heterocycles. The van der Waals surface area contributed by atoms with Gasteiger partial charge in [0, 0.05) is 11.3 Å². The molecule has 0 bridgehead atoms. The summed E-state index contributed by atoms with van der Waals surface area (Å²) in [5, 5.41) is 12.6. The molecule has 128 valence electrons. The first kappa shape index (κ1) is 17.5. The molecule has 2 aromatic rings. The lowest BCUT2D eigenvalue weighted by Crippen LogP contribution is -2.43. The lowest BCUT2D eigenvalue weighted by Gasteiger charge is -2.21. The topological polar surface area (TPSA) is 106 Å². The van der Waals surface area contributed by atoms with Crippen LogP contribution in [0.2, 0.25) is 0 Å². The Morgan fingerprint density at radius 3 is 2.42 bits per heavy atom. The maximum Gasteiger partial charge on any atom is 0.408 e. The maximum absolute atomic E-state index is 12.1. The van der Waals surface area contributed by atoms with E-state index in [0.29, 0.717) is 11.6 Å². The van der Waals surface area contributed by atoms with Crippen molar-refractivity contribution in [2.75, 3.05) is 5.32 Å². The van der Waals surface area contributed by atoms with Crippen molar-refractivity contribution in [3.8, 4) is 11.5 Å². The summed E-state index contributed by atoms with van der Waals surface area (Å²) in [5.74, 6) is 0.0410. The zero-order chi connectivity index (χ0) is 17.7. The van der Waals surface area contributed by atoms with E-state index in [-0.39, 0.29) is 5.91 Å². The molecule has 0 fully saturated rings. The van der Waals surface area contributed by atoms with Gasteiger partial charge in [0.15, 0.2) is 0 Å². The molecule has 0 radical (unpaired) electrons. The molecular weight excluding hydrogens is 312 g/mol. The predicted molar refractivity (Wildman–Crippen MR) is 87.2 cm³/mol. The Labute approximate surface area is 139 Å². The van der Waals surface area contributed by atoms with Crippen molar-refractivity contribution in [2.24, 2.45) is 0 Å². The number of carbonyl (C=O) groups excluding carboxylic acids is 2. The Bertz CT molecular complexity index is 690. The summed E-state index contributed by atoms with van der Waals surface area (Å²) in [6, 6.07) is 6.16. The summed E-state index contributed by atoms with van der Waals surface area (Å²) in [7, 11) is 0. The second kappa shape index (κ2) is 7.12. The van der Waals surface area contributed by atoms with Gasteiger partial charge in [0.05, 0.1) is 0 Å². The molecule has 2 amide bonds. The molecule has 0 spiro atoms. The van der Waals surface area contributed by atoms with Gasteiger partial charge in [0.2, 0.25) is 18.2 Å². The number of hydrogen-bond donors (Lipinski definition) is 2. The summed E-state index contributed by atoms with van der Waals surface area (Å²) in [4.78, 5) is 23.8. The van der Waals surface area contributed by atoms with Crippen molar-refractivity contribution in [3.63, 3.8) is 0 Å². The van der Waals surface area contributed by atoms with Crippen molar-refractivity contribution in [1.82, 2.24) is 15.5 Å². The molecule has 0 aliphatic rings. The SMILES string of the molecule is CC(NC(=O)OC(C)(C)C)C(=O)Nc1ccc(-c2nnco2)cc1. The van der Waals surface area contributed by atoms with Gasteiger partial charge in [-0.25, -0.2) is 4.79 Å². The van der Waals surface area contributed by atoms with Crippen LogP contribution in [-0.2, 0) is 9.53 Å². The van der Waals surface area contributed by atoms with Crippen LogP contribution in [-0.4, -0.2) is 33.8 Å². The molecule has 1 unspecified atom stereocenters. The minimum atomic E-state index is -0.740. The third-order valence-electron chi connectivity index (χ3n) is 2.89. The summed E-state index contributed by atoms with van der Waals surface area (Å²) in [6.45, 7) is 6.83. The van der Waals surface area contributed by atoms with E-state index in [1.165, 1.54) is 6.39 Å². The number of aromatic nitrogens is 2. The van der Waals surface area contributed by atoms with E-state index in [1.54, 1.807) is 52.0 Å². The monoisotopic (exact) mass is 332 g/mol. The smallest absolute Gasteiger partial charge is 0.408 e. The normalized spacial score (nSPS) is 12.3. The van der Waals surface area contributed by atoms with Gasteiger partial charge < -0.3 is 19.8 Å². The van der Waals surface area contributed by atoms with Crippen molar-refractivity contribution < 1.29 is 18.7 Å². The van der Waals surface area contributed by atoms with Gasteiger partial charge in [-0.05, 0) is 52.0 Å². The standard InChI is InChI=1S/C16H20N4O4/c1-10(18-15(22)24-16(2,3)4)13(21)19-12-7-5-11(6-8-12)14-20-17-9-23-14/h5-10H,1-4H3,(H,18,22)(H,19,21). The molecule has 1 heterocycles. The van der Waals surface area contributed by atoms with Crippen LogP contribution in [0.15, 0.2) is 35.1 Å². The average Bonchev–Trinajstić information content (AvgIpc) is 3.00. The van der Waals surface area contributed by atoms with Gasteiger partial charge >= 0.3 is 6.09 Å². The van der Waals surface area contributed by atoms with Gasteiger partial charge in [-0.1, -0.05) is 0 Å². The summed E-state index contributed by atoms with van der Waals surface area (Å²) >= 11 is 0. The van der Waals surface area contributed by atoms with Crippen LogP contribution in [0.25, 0.3) is 11.5 Å². The molecule has 1 aromatic heterocycles. The highest BCUT2D eigenvalue weighted by molar-refractivity contribution is 5.96. The molecular formula is C16H20N4O4. The third kappa shape index (κ3) is 5.08. The first-order chi connectivity index (χ1) is 11.2. The van der Waals surface area contributed by atoms with Gasteiger partial charge in [-0.2, -0.15) is 0 Å². The Balaban J connectivity index is 1.90. The molecule has 8 heteroatoms. The summed E-state index contributed by atoms with van der Waals surface area (Å²) in [6.07, 6.45) is 0.603. The quantitative estimate of drug-likeness (QED) is 0.891. The summed E-state index contributed by atoms with van der Waals surface area (Å²) in [5.41, 5.74) is 0.705. The average molecular weight is 332 g/mol. The largest absolute Gasteiger partial charge is 0.444 e.